The fraction of sp³-hybridized carbons (Fsp3) is 0.875. The quantitative estimate of drug-likeness (QED) is 0.388. The number of ketones is 1. The Hall–Kier alpha value is -0.100. The maximum absolute atomic E-state index is 12.6. The van der Waals surface area contributed by atoms with E-state index in [1.165, 1.54) is 6.42 Å². The molecule has 4 aliphatic carbocycles. The van der Waals surface area contributed by atoms with Crippen molar-refractivity contribution in [3.63, 3.8) is 0 Å². The lowest BCUT2D eigenvalue weighted by Gasteiger charge is -2.57. The Bertz CT molecular complexity index is 814. The largest absolute Gasteiger partial charge is 0.379 e. The first-order valence-corrected chi connectivity index (χ1v) is 14.7. The van der Waals surface area contributed by atoms with Gasteiger partial charge in [0, 0.05) is 18.4 Å². The molecule has 0 aromatic carbocycles. The van der Waals surface area contributed by atoms with E-state index < -0.39 is 6.72 Å². The highest BCUT2D eigenvalue weighted by atomic mass is 32.5. The highest BCUT2D eigenvalue weighted by molar-refractivity contribution is 8.07. The third-order valence-electron chi connectivity index (χ3n) is 9.25. The summed E-state index contributed by atoms with van der Waals surface area (Å²) in [5.74, 6) is 2.45. The van der Waals surface area contributed by atoms with Crippen molar-refractivity contribution in [2.24, 2.45) is 28.6 Å². The van der Waals surface area contributed by atoms with E-state index in [0.717, 1.165) is 44.9 Å². The van der Waals surface area contributed by atoms with Crippen LogP contribution >= 0.6 is 6.72 Å². The van der Waals surface area contributed by atoms with Crippen molar-refractivity contribution in [3.05, 3.63) is 11.6 Å². The SMILES string of the molecule is CCOC[C@@H]1COP(=S)(O[C@H]2CC[C@@]3(C)C(=CC[C@@H]4[C@@H]3CC[C@]3(C)C(=O)CC[C@@H]43)C2)O1. The van der Waals surface area contributed by atoms with E-state index in [4.69, 9.17) is 30.1 Å². The molecule has 174 valence electrons. The van der Waals surface area contributed by atoms with Crippen LogP contribution in [0.4, 0.5) is 0 Å². The van der Waals surface area contributed by atoms with Crippen LogP contribution in [0.3, 0.4) is 0 Å². The van der Waals surface area contributed by atoms with E-state index in [1.807, 2.05) is 6.92 Å². The summed E-state index contributed by atoms with van der Waals surface area (Å²) < 4.78 is 23.6. The van der Waals surface area contributed by atoms with Gasteiger partial charge in [0.05, 0.1) is 19.3 Å². The van der Waals surface area contributed by atoms with Gasteiger partial charge in [-0.2, -0.15) is 0 Å². The number of fused-ring (bicyclic) bond motifs is 5. The summed E-state index contributed by atoms with van der Waals surface area (Å²) in [5, 5.41) is 0. The minimum absolute atomic E-state index is 0.0580. The highest BCUT2D eigenvalue weighted by Gasteiger charge is 2.58. The molecule has 1 unspecified atom stereocenters. The van der Waals surface area contributed by atoms with Crippen LogP contribution < -0.4 is 0 Å². The van der Waals surface area contributed by atoms with Gasteiger partial charge in [0.1, 0.15) is 11.9 Å². The third-order valence-corrected chi connectivity index (χ3v) is 11.7. The van der Waals surface area contributed by atoms with Crippen LogP contribution in [0.5, 0.6) is 0 Å². The summed E-state index contributed by atoms with van der Waals surface area (Å²) in [6.07, 6.45) is 10.8. The molecule has 7 heteroatoms. The van der Waals surface area contributed by atoms with E-state index in [1.54, 1.807) is 5.57 Å². The Morgan fingerprint density at radius 1 is 1.19 bits per heavy atom. The number of hydrogen-bond donors (Lipinski definition) is 0. The molecule has 5 aliphatic rings. The average molecular weight is 469 g/mol. The summed E-state index contributed by atoms with van der Waals surface area (Å²) in [4.78, 5) is 12.6. The molecular weight excluding hydrogens is 431 g/mol. The summed E-state index contributed by atoms with van der Waals surface area (Å²) >= 11 is 5.65. The fourth-order valence-corrected chi connectivity index (χ4v) is 9.94. The second-order valence-corrected chi connectivity index (χ2v) is 13.7. The first kappa shape index (κ1) is 22.7. The molecule has 0 radical (unpaired) electrons. The summed E-state index contributed by atoms with van der Waals surface area (Å²) in [5.41, 5.74) is 1.72. The smallest absolute Gasteiger partial charge is 0.327 e. The molecule has 0 aromatic heterocycles. The van der Waals surface area contributed by atoms with Gasteiger partial charge in [0.25, 0.3) is 0 Å². The van der Waals surface area contributed by atoms with Crippen molar-refractivity contribution in [2.75, 3.05) is 19.8 Å². The fourth-order valence-electron chi connectivity index (χ4n) is 7.47. The monoisotopic (exact) mass is 468 g/mol. The van der Waals surface area contributed by atoms with E-state index in [0.29, 0.717) is 43.4 Å². The van der Waals surface area contributed by atoms with Crippen molar-refractivity contribution in [1.82, 2.24) is 0 Å². The number of allylic oxidation sites excluding steroid dienone is 1. The first-order valence-electron chi connectivity index (χ1n) is 12.2. The van der Waals surface area contributed by atoms with Gasteiger partial charge in [-0.15, -0.1) is 0 Å². The highest BCUT2D eigenvalue weighted by Crippen LogP contribution is 2.65. The lowest BCUT2D eigenvalue weighted by molar-refractivity contribution is -0.131. The van der Waals surface area contributed by atoms with Gasteiger partial charge >= 0.3 is 6.72 Å². The molecule has 1 saturated heterocycles. The number of Topliss-reactive ketones (excluding diaryl/α,β-unsaturated/α-hetero) is 1. The Morgan fingerprint density at radius 2 is 1.97 bits per heavy atom. The standard InChI is InChI=1S/C24H37O5PS/c1-4-26-14-18-15-27-30(31,29-18)28-17-9-11-23(2)16(13-17)5-6-19-20-7-8-22(25)24(20,3)12-10-21(19)23/h5,17-21H,4,6-15H2,1-3H3/t17-,18+,19-,20-,21-,23-,24-,30?/m0/s1. The maximum atomic E-state index is 12.6. The molecule has 4 fully saturated rings. The molecule has 0 aromatic rings. The Balaban J connectivity index is 1.27. The molecule has 8 atom stereocenters. The lowest BCUT2D eigenvalue weighted by atomic mass is 9.48. The summed E-state index contributed by atoms with van der Waals surface area (Å²) in [6, 6.07) is 0. The summed E-state index contributed by atoms with van der Waals surface area (Å²) in [6.45, 7) is 5.67. The molecule has 3 saturated carbocycles. The number of hydrogen-bond acceptors (Lipinski definition) is 6. The van der Waals surface area contributed by atoms with Gasteiger partial charge < -0.3 is 18.3 Å². The van der Waals surface area contributed by atoms with Crippen LogP contribution in [0, 0.1) is 28.6 Å². The molecule has 0 N–H and O–H groups in total. The van der Waals surface area contributed by atoms with E-state index in [9.17, 15) is 4.79 Å². The average Bonchev–Trinajstić information content (AvgIpc) is 3.26. The van der Waals surface area contributed by atoms with Gasteiger partial charge in [-0.3, -0.25) is 4.79 Å². The molecule has 0 spiro atoms. The minimum atomic E-state index is -2.68. The van der Waals surface area contributed by atoms with E-state index in [-0.39, 0.29) is 23.0 Å². The van der Waals surface area contributed by atoms with Crippen molar-refractivity contribution >= 4 is 24.3 Å². The number of carbonyl (C=O) groups excluding carboxylic acids is 1. The van der Waals surface area contributed by atoms with Crippen LogP contribution in [-0.4, -0.2) is 37.8 Å². The molecule has 5 rings (SSSR count). The minimum Gasteiger partial charge on any atom is -0.379 e. The number of carbonyl (C=O) groups is 1. The second-order valence-electron chi connectivity index (χ2n) is 10.8. The van der Waals surface area contributed by atoms with Crippen LogP contribution in [0.15, 0.2) is 11.6 Å². The Kier molecular flexibility index (Phi) is 6.06. The van der Waals surface area contributed by atoms with Crippen LogP contribution in [-0.2, 0) is 34.9 Å². The molecule has 0 amide bonds. The van der Waals surface area contributed by atoms with Crippen LogP contribution in [0.25, 0.3) is 0 Å². The lowest BCUT2D eigenvalue weighted by Crippen LogP contribution is -2.50. The van der Waals surface area contributed by atoms with Crippen molar-refractivity contribution in [2.45, 2.75) is 84.3 Å². The van der Waals surface area contributed by atoms with Crippen molar-refractivity contribution in [1.29, 1.82) is 0 Å². The normalized spacial score (nSPS) is 49.3. The van der Waals surface area contributed by atoms with E-state index in [2.05, 4.69) is 19.9 Å². The van der Waals surface area contributed by atoms with Gasteiger partial charge in [-0.25, -0.2) is 0 Å². The van der Waals surface area contributed by atoms with Gasteiger partial charge in [-0.05, 0) is 86.8 Å². The first-order chi connectivity index (χ1) is 14.8. The van der Waals surface area contributed by atoms with Gasteiger partial charge in [0.15, 0.2) is 0 Å². The molecule has 0 bridgehead atoms. The predicted octanol–water partition coefficient (Wildman–Crippen LogP) is 5.58. The zero-order valence-electron chi connectivity index (χ0n) is 19.1. The zero-order chi connectivity index (χ0) is 21.9. The molecular formula is C24H37O5PS. The summed E-state index contributed by atoms with van der Waals surface area (Å²) in [7, 11) is 0. The molecule has 31 heavy (non-hydrogen) atoms. The Labute approximate surface area is 191 Å². The molecule has 5 nitrogen and oxygen atoms in total. The second kappa shape index (κ2) is 8.29. The molecule has 1 heterocycles. The predicted molar refractivity (Wildman–Crippen MR) is 123 cm³/mol. The zero-order valence-corrected chi connectivity index (χ0v) is 20.8. The number of ether oxygens (including phenoxy) is 1. The van der Waals surface area contributed by atoms with E-state index >= 15 is 0 Å². The number of rotatable bonds is 5. The topological polar surface area (TPSA) is 54.0 Å². The van der Waals surface area contributed by atoms with Crippen molar-refractivity contribution in [3.8, 4) is 0 Å². The van der Waals surface area contributed by atoms with Gasteiger partial charge in [-0.1, -0.05) is 25.5 Å². The van der Waals surface area contributed by atoms with Crippen LogP contribution in [0.1, 0.15) is 72.1 Å². The Morgan fingerprint density at radius 3 is 2.77 bits per heavy atom. The maximum Gasteiger partial charge on any atom is 0.327 e. The van der Waals surface area contributed by atoms with Crippen molar-refractivity contribution < 1.29 is 23.1 Å². The van der Waals surface area contributed by atoms with Crippen LogP contribution in [0.2, 0.25) is 0 Å². The third kappa shape index (κ3) is 3.84. The van der Waals surface area contributed by atoms with Gasteiger partial charge in [0.2, 0.25) is 0 Å². The molecule has 1 aliphatic heterocycles.